The lowest BCUT2D eigenvalue weighted by molar-refractivity contribution is 0.0173. The maximum atomic E-state index is 12.2. The van der Waals surface area contributed by atoms with Crippen LogP contribution in [0.1, 0.15) is 34.3 Å². The van der Waals surface area contributed by atoms with Gasteiger partial charge in [-0.25, -0.2) is 4.79 Å². The van der Waals surface area contributed by atoms with Crippen LogP contribution in [0.5, 0.6) is 5.75 Å². The molecule has 0 aliphatic heterocycles. The van der Waals surface area contributed by atoms with Crippen LogP contribution in [-0.4, -0.2) is 40.7 Å². The van der Waals surface area contributed by atoms with E-state index in [9.17, 15) is 20.1 Å². The van der Waals surface area contributed by atoms with Gasteiger partial charge in [-0.3, -0.25) is 0 Å². The molecule has 1 aliphatic rings. The van der Waals surface area contributed by atoms with Crippen LogP contribution < -0.4 is 5.32 Å². The fraction of sp³-hybridized carbons (Fsp3) is 0.240. The first kappa shape index (κ1) is 20.9. The molecule has 3 aromatic carbocycles. The normalized spacial score (nSPS) is 14.4. The third-order valence-corrected chi connectivity index (χ3v) is 5.67. The highest BCUT2D eigenvalue weighted by atomic mass is 16.5. The van der Waals surface area contributed by atoms with E-state index < -0.39 is 18.3 Å². The Morgan fingerprint density at radius 1 is 1.00 bits per heavy atom. The number of alkyl carbamates (subject to hydrolysis) is 1. The number of carbonyl (C=O) groups is 1. The summed E-state index contributed by atoms with van der Waals surface area (Å²) in [4.78, 5) is 12.2. The van der Waals surface area contributed by atoms with Crippen LogP contribution in [0.15, 0.2) is 66.7 Å². The standard InChI is InChI=1S/C25H25NO5/c1-15-10-11-20(22(27)12-15)24(29)23(28)13-26-25(30)31-14-21-18-8-4-2-6-16(18)17-7-3-5-9-19(17)21/h2-12,21,23-24,27-29H,13-14H2,1H3,(H,26,30). The van der Waals surface area contributed by atoms with E-state index >= 15 is 0 Å². The van der Waals surface area contributed by atoms with Crippen molar-refractivity contribution in [3.05, 3.63) is 89.0 Å². The first-order chi connectivity index (χ1) is 15.0. The first-order valence-corrected chi connectivity index (χ1v) is 10.2. The minimum absolute atomic E-state index is 0.0573. The molecule has 3 aromatic rings. The van der Waals surface area contributed by atoms with Crippen molar-refractivity contribution in [1.82, 2.24) is 5.32 Å². The highest BCUT2D eigenvalue weighted by Crippen LogP contribution is 2.44. The van der Waals surface area contributed by atoms with Crippen molar-refractivity contribution in [3.63, 3.8) is 0 Å². The number of aliphatic hydroxyl groups is 2. The van der Waals surface area contributed by atoms with Crippen molar-refractivity contribution in [2.45, 2.75) is 25.0 Å². The lowest BCUT2D eigenvalue weighted by atomic mass is 9.98. The van der Waals surface area contributed by atoms with Gasteiger partial charge >= 0.3 is 6.09 Å². The number of aryl methyl sites for hydroxylation is 1. The van der Waals surface area contributed by atoms with Gasteiger partial charge in [0.15, 0.2) is 0 Å². The fourth-order valence-corrected chi connectivity index (χ4v) is 4.06. The number of aliphatic hydroxyl groups excluding tert-OH is 2. The second-order valence-corrected chi connectivity index (χ2v) is 7.78. The molecule has 160 valence electrons. The Labute approximate surface area is 180 Å². The minimum atomic E-state index is -1.34. The van der Waals surface area contributed by atoms with Crippen molar-refractivity contribution < 1.29 is 24.9 Å². The zero-order valence-electron chi connectivity index (χ0n) is 17.2. The number of rotatable bonds is 6. The van der Waals surface area contributed by atoms with Gasteiger partial charge in [-0.1, -0.05) is 60.7 Å². The first-order valence-electron chi connectivity index (χ1n) is 10.2. The highest BCUT2D eigenvalue weighted by Gasteiger charge is 2.29. The maximum Gasteiger partial charge on any atom is 0.407 e. The molecule has 1 amide bonds. The van der Waals surface area contributed by atoms with Gasteiger partial charge in [0.2, 0.25) is 0 Å². The molecule has 4 rings (SSSR count). The number of phenols is 1. The van der Waals surface area contributed by atoms with E-state index in [-0.39, 0.29) is 30.4 Å². The topological polar surface area (TPSA) is 99.0 Å². The third-order valence-electron chi connectivity index (χ3n) is 5.67. The van der Waals surface area contributed by atoms with Crippen LogP contribution in [-0.2, 0) is 4.74 Å². The minimum Gasteiger partial charge on any atom is -0.508 e. The van der Waals surface area contributed by atoms with Gasteiger partial charge in [0.25, 0.3) is 0 Å². The summed E-state index contributed by atoms with van der Waals surface area (Å²) in [6.45, 7) is 1.76. The van der Waals surface area contributed by atoms with E-state index in [4.69, 9.17) is 4.74 Å². The number of aromatic hydroxyl groups is 1. The predicted molar refractivity (Wildman–Crippen MR) is 117 cm³/mol. The maximum absolute atomic E-state index is 12.2. The van der Waals surface area contributed by atoms with Gasteiger partial charge in [-0.15, -0.1) is 0 Å². The van der Waals surface area contributed by atoms with Crippen molar-refractivity contribution in [1.29, 1.82) is 0 Å². The van der Waals surface area contributed by atoms with Crippen molar-refractivity contribution in [2.75, 3.05) is 13.2 Å². The lowest BCUT2D eigenvalue weighted by Gasteiger charge is -2.20. The molecule has 0 aromatic heterocycles. The second kappa shape index (κ2) is 8.79. The Kier molecular flexibility index (Phi) is 5.93. The molecule has 31 heavy (non-hydrogen) atoms. The average Bonchev–Trinajstić information content (AvgIpc) is 3.09. The van der Waals surface area contributed by atoms with Crippen LogP contribution in [0.3, 0.4) is 0 Å². The molecule has 2 unspecified atom stereocenters. The zero-order valence-corrected chi connectivity index (χ0v) is 17.2. The van der Waals surface area contributed by atoms with Gasteiger partial charge in [0.1, 0.15) is 24.6 Å². The van der Waals surface area contributed by atoms with Crippen LogP contribution in [0.2, 0.25) is 0 Å². The van der Waals surface area contributed by atoms with E-state index in [0.717, 1.165) is 27.8 Å². The van der Waals surface area contributed by atoms with Gasteiger partial charge < -0.3 is 25.4 Å². The number of hydrogen-bond acceptors (Lipinski definition) is 5. The molecule has 0 fully saturated rings. The molecule has 4 N–H and O–H groups in total. The number of amides is 1. The summed E-state index contributed by atoms with van der Waals surface area (Å²) >= 11 is 0. The average molecular weight is 419 g/mol. The SMILES string of the molecule is Cc1ccc(C(O)C(O)CNC(=O)OCC2c3ccccc3-c3ccccc32)c(O)c1. The molecule has 0 bridgehead atoms. The molecule has 1 aliphatic carbocycles. The Morgan fingerprint density at radius 2 is 1.61 bits per heavy atom. The van der Waals surface area contributed by atoms with Gasteiger partial charge in [-0.05, 0) is 40.8 Å². The molecule has 2 atom stereocenters. The number of carbonyl (C=O) groups excluding carboxylic acids is 1. The molecular weight excluding hydrogens is 394 g/mol. The van der Waals surface area contributed by atoms with Crippen molar-refractivity contribution >= 4 is 6.09 Å². The Morgan fingerprint density at radius 3 is 2.23 bits per heavy atom. The van der Waals surface area contributed by atoms with Gasteiger partial charge in [0, 0.05) is 18.0 Å². The molecule has 0 saturated carbocycles. The number of benzene rings is 3. The van der Waals surface area contributed by atoms with E-state index in [2.05, 4.69) is 17.4 Å². The quantitative estimate of drug-likeness (QED) is 0.489. The monoisotopic (exact) mass is 419 g/mol. The zero-order chi connectivity index (χ0) is 22.0. The van der Waals surface area contributed by atoms with Gasteiger partial charge in [0.05, 0.1) is 0 Å². The summed E-state index contributed by atoms with van der Waals surface area (Å²) in [7, 11) is 0. The van der Waals surface area contributed by atoms with Crippen molar-refractivity contribution in [2.24, 2.45) is 0 Å². The van der Waals surface area contributed by atoms with Crippen LogP contribution in [0.4, 0.5) is 4.79 Å². The predicted octanol–water partition coefficient (Wildman–Crippen LogP) is 3.63. The lowest BCUT2D eigenvalue weighted by Crippen LogP contribution is -2.36. The summed E-state index contributed by atoms with van der Waals surface area (Å²) in [5.74, 6) is -0.161. The Balaban J connectivity index is 1.35. The van der Waals surface area contributed by atoms with E-state index in [0.29, 0.717) is 0 Å². The number of hydrogen-bond donors (Lipinski definition) is 4. The van der Waals surface area contributed by atoms with Gasteiger partial charge in [-0.2, -0.15) is 0 Å². The Hall–Kier alpha value is -3.35. The second-order valence-electron chi connectivity index (χ2n) is 7.78. The molecule has 0 radical (unpaired) electrons. The molecular formula is C25H25NO5. The van der Waals surface area contributed by atoms with Crippen molar-refractivity contribution in [3.8, 4) is 16.9 Å². The van der Waals surface area contributed by atoms with Crippen LogP contribution >= 0.6 is 0 Å². The third kappa shape index (κ3) is 4.26. The summed E-state index contributed by atoms with van der Waals surface area (Å²) in [5.41, 5.74) is 5.54. The highest BCUT2D eigenvalue weighted by molar-refractivity contribution is 5.79. The molecule has 0 spiro atoms. The number of nitrogens with one attached hydrogen (secondary N) is 1. The summed E-state index contributed by atoms with van der Waals surface area (Å²) < 4.78 is 5.42. The van der Waals surface area contributed by atoms with E-state index in [1.54, 1.807) is 12.1 Å². The summed E-state index contributed by atoms with van der Waals surface area (Å²) in [6, 6.07) is 20.9. The summed E-state index contributed by atoms with van der Waals surface area (Å²) in [6.07, 6.45) is -3.31. The number of phenolic OH excluding ortho intramolecular Hbond substituents is 1. The van der Waals surface area contributed by atoms with Crippen LogP contribution in [0, 0.1) is 6.92 Å². The molecule has 6 heteroatoms. The molecule has 0 heterocycles. The summed E-state index contributed by atoms with van der Waals surface area (Å²) in [5, 5.41) is 33.0. The van der Waals surface area contributed by atoms with E-state index in [1.165, 1.54) is 6.07 Å². The largest absolute Gasteiger partial charge is 0.508 e. The van der Waals surface area contributed by atoms with E-state index in [1.807, 2.05) is 43.3 Å². The molecule has 0 saturated heterocycles. The number of fused-ring (bicyclic) bond motifs is 3. The fourth-order valence-electron chi connectivity index (χ4n) is 4.06. The van der Waals surface area contributed by atoms with Crippen LogP contribution in [0.25, 0.3) is 11.1 Å². The number of ether oxygens (including phenoxy) is 1. The Bertz CT molecular complexity index is 1050. The molecule has 6 nitrogen and oxygen atoms in total. The smallest absolute Gasteiger partial charge is 0.407 e.